The van der Waals surface area contributed by atoms with Crippen LogP contribution in [0.2, 0.25) is 0 Å². The third-order valence-electron chi connectivity index (χ3n) is 3.27. The zero-order chi connectivity index (χ0) is 11.5. The second-order valence-corrected chi connectivity index (χ2v) is 5.73. The lowest BCUT2D eigenvalue weighted by Gasteiger charge is -2.38. The van der Waals surface area contributed by atoms with E-state index in [-0.39, 0.29) is 5.41 Å². The van der Waals surface area contributed by atoms with Crippen LogP contribution >= 0.6 is 0 Å². The Bertz CT molecular complexity index is 197. The van der Waals surface area contributed by atoms with Crippen molar-refractivity contribution in [3.05, 3.63) is 0 Å². The summed E-state index contributed by atoms with van der Waals surface area (Å²) in [5.74, 6) is 0. The van der Waals surface area contributed by atoms with E-state index in [0.29, 0.717) is 12.2 Å². The topological polar surface area (TPSA) is 36.9 Å². The van der Waals surface area contributed by atoms with E-state index in [4.69, 9.17) is 18.9 Å². The number of rotatable bonds is 7. The molecule has 0 N–H and O–H groups in total. The molecular weight excluding hydrogens is 208 g/mol. The Morgan fingerprint density at radius 3 is 2.06 bits per heavy atom. The van der Waals surface area contributed by atoms with Gasteiger partial charge in [-0.15, -0.1) is 0 Å². The second-order valence-electron chi connectivity index (χ2n) is 5.73. The zero-order valence-corrected chi connectivity index (χ0v) is 10.3. The smallest absolute Gasteiger partial charge is 0.146 e. The number of hydrogen-bond donors (Lipinski definition) is 0. The van der Waals surface area contributed by atoms with Crippen LogP contribution in [0.4, 0.5) is 0 Å². The van der Waals surface area contributed by atoms with Crippen LogP contribution in [-0.4, -0.2) is 46.4 Å². The van der Waals surface area contributed by atoms with Gasteiger partial charge in [-0.1, -0.05) is 13.8 Å². The van der Waals surface area contributed by atoms with Crippen LogP contribution in [0.15, 0.2) is 0 Å². The van der Waals surface area contributed by atoms with Gasteiger partial charge in [-0.3, -0.25) is 0 Å². The molecule has 0 aromatic rings. The van der Waals surface area contributed by atoms with Crippen LogP contribution < -0.4 is 0 Å². The molecule has 0 spiro atoms. The summed E-state index contributed by atoms with van der Waals surface area (Å²) in [6.07, 6.45) is 1.05. The van der Waals surface area contributed by atoms with Gasteiger partial charge < -0.3 is 18.9 Å². The van der Waals surface area contributed by atoms with E-state index >= 15 is 0 Å². The maximum Gasteiger partial charge on any atom is 0.146 e. The van der Waals surface area contributed by atoms with Gasteiger partial charge in [-0.25, -0.2) is 0 Å². The molecule has 0 radical (unpaired) electrons. The minimum absolute atomic E-state index is 0.219. The molecule has 2 heterocycles. The van der Waals surface area contributed by atoms with Crippen molar-refractivity contribution < 1.29 is 18.9 Å². The monoisotopic (exact) mass is 230 g/mol. The van der Waals surface area contributed by atoms with E-state index in [2.05, 4.69) is 13.8 Å². The van der Waals surface area contributed by atoms with Crippen molar-refractivity contribution in [3.63, 3.8) is 0 Å². The number of ether oxygens (including phenoxy) is 4. The van der Waals surface area contributed by atoms with Gasteiger partial charge in [0.2, 0.25) is 0 Å². The van der Waals surface area contributed by atoms with Crippen molar-refractivity contribution in [2.45, 2.75) is 20.3 Å². The summed E-state index contributed by atoms with van der Waals surface area (Å²) in [5.41, 5.74) is 0.560. The highest BCUT2D eigenvalue weighted by atomic mass is 16.7. The third-order valence-corrected chi connectivity index (χ3v) is 3.27. The Morgan fingerprint density at radius 2 is 1.56 bits per heavy atom. The first-order valence-electron chi connectivity index (χ1n) is 5.93. The van der Waals surface area contributed by atoms with E-state index in [1.165, 1.54) is 0 Å². The molecule has 4 nitrogen and oxygen atoms in total. The van der Waals surface area contributed by atoms with E-state index < -0.39 is 0 Å². The lowest BCUT2D eigenvalue weighted by Crippen LogP contribution is -2.43. The second kappa shape index (κ2) is 5.00. The predicted octanol–water partition coefficient (Wildman–Crippen LogP) is 1.44. The lowest BCUT2D eigenvalue weighted by atomic mass is 9.85. The van der Waals surface area contributed by atoms with E-state index in [1.807, 2.05) is 0 Å². The molecule has 0 aromatic heterocycles. The summed E-state index contributed by atoms with van der Waals surface area (Å²) >= 11 is 0. The van der Waals surface area contributed by atoms with Gasteiger partial charge in [0, 0.05) is 10.8 Å². The molecule has 0 saturated carbocycles. The molecule has 0 aromatic carbocycles. The van der Waals surface area contributed by atoms with Crippen molar-refractivity contribution in [2.24, 2.45) is 10.8 Å². The maximum atomic E-state index is 5.47. The van der Waals surface area contributed by atoms with Crippen molar-refractivity contribution in [1.29, 1.82) is 0 Å². The van der Waals surface area contributed by atoms with E-state index in [0.717, 1.165) is 46.1 Å². The Balaban J connectivity index is 1.43. The SMILES string of the molecule is CC1(CCOCOCC2(C)COC2)COC1. The maximum absolute atomic E-state index is 5.47. The quantitative estimate of drug-likeness (QED) is 0.490. The highest BCUT2D eigenvalue weighted by molar-refractivity contribution is 4.80. The Labute approximate surface area is 97.2 Å². The van der Waals surface area contributed by atoms with Crippen molar-refractivity contribution in [2.75, 3.05) is 46.4 Å². The molecule has 0 unspecified atom stereocenters. The van der Waals surface area contributed by atoms with Crippen LogP contribution in [0.25, 0.3) is 0 Å². The van der Waals surface area contributed by atoms with Gasteiger partial charge in [0.25, 0.3) is 0 Å². The average molecular weight is 230 g/mol. The van der Waals surface area contributed by atoms with Crippen molar-refractivity contribution >= 4 is 0 Å². The normalized spacial score (nSPS) is 25.9. The molecule has 2 fully saturated rings. The van der Waals surface area contributed by atoms with E-state index in [9.17, 15) is 0 Å². The first kappa shape index (κ1) is 12.3. The molecule has 0 aliphatic carbocycles. The van der Waals surface area contributed by atoms with Gasteiger partial charge in [-0.2, -0.15) is 0 Å². The Morgan fingerprint density at radius 1 is 0.938 bits per heavy atom. The minimum atomic E-state index is 0.219. The standard InChI is InChI=1S/C12H22O4/c1-11(5-14-6-11)3-4-13-10-16-9-12(2)7-15-8-12/h3-10H2,1-2H3. The summed E-state index contributed by atoms with van der Waals surface area (Å²) < 4.78 is 21.3. The van der Waals surface area contributed by atoms with Gasteiger partial charge in [0.15, 0.2) is 0 Å². The minimum Gasteiger partial charge on any atom is -0.380 e. The Hall–Kier alpha value is -0.160. The molecule has 4 heteroatoms. The fourth-order valence-corrected chi connectivity index (χ4v) is 1.85. The van der Waals surface area contributed by atoms with Gasteiger partial charge in [0.1, 0.15) is 6.79 Å². The van der Waals surface area contributed by atoms with Gasteiger partial charge >= 0.3 is 0 Å². The van der Waals surface area contributed by atoms with Crippen LogP contribution in [-0.2, 0) is 18.9 Å². The highest BCUT2D eigenvalue weighted by Gasteiger charge is 2.34. The molecule has 94 valence electrons. The largest absolute Gasteiger partial charge is 0.380 e. The molecule has 0 atom stereocenters. The summed E-state index contributed by atoms with van der Waals surface area (Å²) in [6, 6.07) is 0. The van der Waals surface area contributed by atoms with Gasteiger partial charge in [-0.05, 0) is 6.42 Å². The third kappa shape index (κ3) is 3.17. The molecule has 0 amide bonds. The first-order valence-corrected chi connectivity index (χ1v) is 5.93. The molecule has 2 aliphatic rings. The summed E-state index contributed by atoms with van der Waals surface area (Å²) in [7, 11) is 0. The number of hydrogen-bond acceptors (Lipinski definition) is 4. The molecule has 0 bridgehead atoms. The molecule has 2 aliphatic heterocycles. The average Bonchev–Trinajstić information content (AvgIpc) is 2.18. The summed E-state index contributed by atoms with van der Waals surface area (Å²) in [6.45, 7) is 9.63. The molecule has 2 rings (SSSR count). The summed E-state index contributed by atoms with van der Waals surface area (Å²) in [4.78, 5) is 0. The van der Waals surface area contributed by atoms with Crippen LogP contribution in [0.5, 0.6) is 0 Å². The summed E-state index contributed by atoms with van der Waals surface area (Å²) in [5, 5.41) is 0. The van der Waals surface area contributed by atoms with E-state index in [1.54, 1.807) is 0 Å². The lowest BCUT2D eigenvalue weighted by molar-refractivity contribution is -0.168. The zero-order valence-electron chi connectivity index (χ0n) is 10.3. The predicted molar refractivity (Wildman–Crippen MR) is 59.2 cm³/mol. The first-order chi connectivity index (χ1) is 7.62. The van der Waals surface area contributed by atoms with Crippen LogP contribution in [0, 0.1) is 10.8 Å². The van der Waals surface area contributed by atoms with Crippen molar-refractivity contribution in [1.82, 2.24) is 0 Å². The Kier molecular flexibility index (Phi) is 3.85. The molecular formula is C12H22O4. The van der Waals surface area contributed by atoms with Crippen LogP contribution in [0.3, 0.4) is 0 Å². The molecule has 16 heavy (non-hydrogen) atoms. The fourth-order valence-electron chi connectivity index (χ4n) is 1.85. The van der Waals surface area contributed by atoms with Gasteiger partial charge in [0.05, 0.1) is 39.6 Å². The molecule has 2 saturated heterocycles. The highest BCUT2D eigenvalue weighted by Crippen LogP contribution is 2.30. The fraction of sp³-hybridized carbons (Fsp3) is 1.00. The van der Waals surface area contributed by atoms with Crippen molar-refractivity contribution in [3.8, 4) is 0 Å². The van der Waals surface area contributed by atoms with Crippen LogP contribution in [0.1, 0.15) is 20.3 Å².